The second-order valence-corrected chi connectivity index (χ2v) is 8.84. The van der Waals surface area contributed by atoms with Crippen LogP contribution in [0.1, 0.15) is 44.3 Å². The third-order valence-electron chi connectivity index (χ3n) is 6.12. The molecule has 1 amide bonds. The molecule has 4 rings (SSSR count). The van der Waals surface area contributed by atoms with E-state index < -0.39 is 12.1 Å². The van der Waals surface area contributed by atoms with Crippen molar-refractivity contribution in [1.82, 2.24) is 29.1 Å². The van der Waals surface area contributed by atoms with Gasteiger partial charge in [-0.3, -0.25) is 19.2 Å². The number of amides is 1. The van der Waals surface area contributed by atoms with Crippen molar-refractivity contribution >= 4 is 18.1 Å². The van der Waals surface area contributed by atoms with Crippen molar-refractivity contribution in [2.45, 2.75) is 57.9 Å². The fraction of sp³-hybridized carbons (Fsp3) is 0.619. The summed E-state index contributed by atoms with van der Waals surface area (Å²) in [6.07, 6.45) is 3.10. The number of hydrogen-bond donors (Lipinski definition) is 0. The number of piperidine rings is 1. The van der Waals surface area contributed by atoms with Gasteiger partial charge in [0.15, 0.2) is 5.82 Å². The molecule has 0 unspecified atom stereocenters. The molecular formula is C21H27F3N6OS. The van der Waals surface area contributed by atoms with E-state index in [0.29, 0.717) is 48.8 Å². The van der Waals surface area contributed by atoms with E-state index >= 15 is 0 Å². The van der Waals surface area contributed by atoms with Gasteiger partial charge in [-0.2, -0.15) is 18.3 Å². The molecule has 0 aliphatic carbocycles. The van der Waals surface area contributed by atoms with Crippen LogP contribution in [-0.4, -0.2) is 60.8 Å². The molecule has 0 spiro atoms. The number of likely N-dealkylation sites (tertiary alicyclic amines) is 2. The predicted octanol–water partition coefficient (Wildman–Crippen LogP) is 3.93. The van der Waals surface area contributed by atoms with Gasteiger partial charge < -0.3 is 4.90 Å². The summed E-state index contributed by atoms with van der Waals surface area (Å²) in [6, 6.07) is 3.64. The Morgan fingerprint density at radius 2 is 2.00 bits per heavy atom. The largest absolute Gasteiger partial charge is 0.393 e. The average molecular weight is 469 g/mol. The second kappa shape index (κ2) is 9.70. The van der Waals surface area contributed by atoms with Crippen molar-refractivity contribution < 1.29 is 18.0 Å². The summed E-state index contributed by atoms with van der Waals surface area (Å²) in [5, 5.41) is 4.66. The van der Waals surface area contributed by atoms with Gasteiger partial charge >= 0.3 is 6.18 Å². The summed E-state index contributed by atoms with van der Waals surface area (Å²) >= 11 is 5.67. The first-order chi connectivity index (χ1) is 15.3. The second-order valence-electron chi connectivity index (χ2n) is 8.47. The van der Waals surface area contributed by atoms with E-state index in [4.69, 9.17) is 12.2 Å². The number of nitrogens with zero attached hydrogens (tertiary/aromatic N) is 6. The Morgan fingerprint density at radius 3 is 2.75 bits per heavy atom. The van der Waals surface area contributed by atoms with Crippen LogP contribution in [0.2, 0.25) is 0 Å². The highest BCUT2D eigenvalue weighted by atomic mass is 32.1. The number of halogens is 3. The first kappa shape index (κ1) is 22.9. The van der Waals surface area contributed by atoms with Crippen LogP contribution in [0.4, 0.5) is 13.2 Å². The molecule has 1 atom stereocenters. The van der Waals surface area contributed by atoms with Gasteiger partial charge in [0.2, 0.25) is 10.7 Å². The molecular weight excluding hydrogens is 441 g/mol. The van der Waals surface area contributed by atoms with Gasteiger partial charge in [0.05, 0.1) is 31.0 Å². The summed E-state index contributed by atoms with van der Waals surface area (Å²) in [5.41, 5.74) is 0.716. The summed E-state index contributed by atoms with van der Waals surface area (Å²) in [7, 11) is 0. The molecule has 2 aliphatic rings. The van der Waals surface area contributed by atoms with Crippen LogP contribution in [-0.2, 0) is 18.0 Å². The predicted molar refractivity (Wildman–Crippen MR) is 114 cm³/mol. The van der Waals surface area contributed by atoms with Gasteiger partial charge in [-0.15, -0.1) is 0 Å². The van der Waals surface area contributed by atoms with Crippen molar-refractivity contribution in [2.24, 2.45) is 5.92 Å². The number of pyridine rings is 1. The van der Waals surface area contributed by atoms with E-state index in [-0.39, 0.29) is 25.5 Å². The molecule has 2 aromatic rings. The average Bonchev–Trinajstić information content (AvgIpc) is 2.92. The van der Waals surface area contributed by atoms with E-state index in [1.165, 1.54) is 0 Å². The van der Waals surface area contributed by atoms with Crippen molar-refractivity contribution in [2.75, 3.05) is 19.6 Å². The minimum Gasteiger partial charge on any atom is -0.335 e. The quantitative estimate of drug-likeness (QED) is 0.623. The van der Waals surface area contributed by atoms with Gasteiger partial charge in [0, 0.05) is 25.7 Å². The Kier molecular flexibility index (Phi) is 6.94. The minimum absolute atomic E-state index is 0.0645. The van der Waals surface area contributed by atoms with Crippen LogP contribution in [0.25, 0.3) is 5.69 Å². The molecule has 2 fully saturated rings. The maximum atomic E-state index is 13.2. The van der Waals surface area contributed by atoms with Gasteiger partial charge in [-0.05, 0) is 56.6 Å². The highest BCUT2D eigenvalue weighted by molar-refractivity contribution is 7.71. The number of rotatable bonds is 5. The lowest BCUT2D eigenvalue weighted by molar-refractivity contribution is -0.188. The lowest BCUT2D eigenvalue weighted by Crippen LogP contribution is -2.42. The van der Waals surface area contributed by atoms with Gasteiger partial charge in [-0.25, -0.2) is 4.68 Å². The zero-order valence-electron chi connectivity index (χ0n) is 17.8. The lowest BCUT2D eigenvalue weighted by Gasteiger charge is -2.33. The fourth-order valence-electron chi connectivity index (χ4n) is 4.41. The minimum atomic E-state index is -4.20. The summed E-state index contributed by atoms with van der Waals surface area (Å²) in [5.74, 6) is -0.660. The third-order valence-corrected chi connectivity index (χ3v) is 6.51. The molecule has 4 heterocycles. The van der Waals surface area contributed by atoms with Gasteiger partial charge in [0.25, 0.3) is 0 Å². The number of carbonyl (C=O) groups is 1. The molecule has 7 nitrogen and oxygen atoms in total. The van der Waals surface area contributed by atoms with E-state index in [1.807, 2.05) is 6.07 Å². The maximum absolute atomic E-state index is 13.2. The summed E-state index contributed by atoms with van der Waals surface area (Å²) in [6.45, 7) is 1.64. The Balaban J connectivity index is 1.62. The molecule has 0 bridgehead atoms. The molecule has 11 heteroatoms. The van der Waals surface area contributed by atoms with Crippen molar-refractivity contribution in [3.05, 3.63) is 35.1 Å². The van der Waals surface area contributed by atoms with E-state index in [2.05, 4.69) is 10.1 Å². The van der Waals surface area contributed by atoms with Gasteiger partial charge in [-0.1, -0.05) is 6.42 Å². The van der Waals surface area contributed by atoms with Crippen LogP contribution >= 0.6 is 12.2 Å². The molecule has 0 saturated carbocycles. The number of aromatic nitrogens is 4. The molecule has 0 N–H and O–H groups in total. The molecule has 0 aromatic carbocycles. The number of alkyl halides is 3. The van der Waals surface area contributed by atoms with Crippen LogP contribution in [0.15, 0.2) is 24.5 Å². The van der Waals surface area contributed by atoms with E-state index in [0.717, 1.165) is 19.3 Å². The van der Waals surface area contributed by atoms with Crippen LogP contribution in [0.5, 0.6) is 0 Å². The molecule has 32 heavy (non-hydrogen) atoms. The smallest absolute Gasteiger partial charge is 0.335 e. The summed E-state index contributed by atoms with van der Waals surface area (Å²) in [4.78, 5) is 20.2. The molecule has 2 aliphatic heterocycles. The monoisotopic (exact) mass is 468 g/mol. The van der Waals surface area contributed by atoms with Crippen molar-refractivity contribution in [1.29, 1.82) is 0 Å². The Bertz CT molecular complexity index is 990. The molecule has 2 aromatic heterocycles. The highest BCUT2D eigenvalue weighted by Crippen LogP contribution is 2.33. The highest BCUT2D eigenvalue weighted by Gasteiger charge is 2.41. The zero-order chi connectivity index (χ0) is 22.7. The Labute approximate surface area is 189 Å². The topological polar surface area (TPSA) is 59.2 Å². The van der Waals surface area contributed by atoms with Crippen LogP contribution in [0, 0.1) is 10.7 Å². The molecule has 0 radical (unpaired) electrons. The zero-order valence-corrected chi connectivity index (χ0v) is 18.6. The number of carbonyl (C=O) groups excluding carboxylic acids is 1. The van der Waals surface area contributed by atoms with Crippen molar-refractivity contribution in [3.8, 4) is 5.69 Å². The van der Waals surface area contributed by atoms with Gasteiger partial charge in [0.1, 0.15) is 0 Å². The Hall–Kier alpha value is -2.27. The summed E-state index contributed by atoms with van der Waals surface area (Å²) < 4.78 is 43.4. The fourth-order valence-corrected chi connectivity index (χ4v) is 4.72. The third kappa shape index (κ3) is 5.20. The Morgan fingerprint density at radius 1 is 1.16 bits per heavy atom. The van der Waals surface area contributed by atoms with E-state index in [9.17, 15) is 18.0 Å². The van der Waals surface area contributed by atoms with E-state index in [1.54, 1.807) is 37.5 Å². The lowest BCUT2D eigenvalue weighted by atomic mass is 9.98. The first-order valence-electron chi connectivity index (χ1n) is 11.0. The van der Waals surface area contributed by atoms with Crippen molar-refractivity contribution in [3.63, 3.8) is 0 Å². The molecule has 174 valence electrons. The normalized spacial score (nSPS) is 21.0. The first-order valence-corrected chi connectivity index (χ1v) is 11.4. The van der Waals surface area contributed by atoms with Crippen LogP contribution < -0.4 is 0 Å². The standard InChI is InChI=1S/C21H27F3N6OS/c22-21(23,24)16-6-5-10-27(13-16)15-29-20(32)30(17-7-4-9-25-12-17)18(26-29)14-28-11-3-1-2-8-19(28)31/h4,7,9,12,16H,1-3,5-6,8,10-11,13-15H2/t16-/m1/s1. The van der Waals surface area contributed by atoms with Crippen LogP contribution in [0.3, 0.4) is 0 Å². The maximum Gasteiger partial charge on any atom is 0.393 e. The SMILES string of the molecule is O=C1CCCCCN1Cc1nn(CN2CCC[C@@H](C(F)(F)F)C2)c(=S)n1-c1cccnc1. The molecule has 2 saturated heterocycles. The number of hydrogen-bond acceptors (Lipinski definition) is 5.